The first-order chi connectivity index (χ1) is 11.8. The molecule has 0 aliphatic carbocycles. The van der Waals surface area contributed by atoms with Gasteiger partial charge in [-0.25, -0.2) is 9.67 Å². The molecule has 0 amide bonds. The Kier molecular flexibility index (Phi) is 4.08. The van der Waals surface area contributed by atoms with Crippen LogP contribution in [0.15, 0.2) is 34.9 Å². The van der Waals surface area contributed by atoms with Crippen LogP contribution in [-0.4, -0.2) is 30.9 Å². The molecule has 3 aromatic rings. The van der Waals surface area contributed by atoms with Gasteiger partial charge < -0.3 is 9.84 Å². The Bertz CT molecular complexity index is 810. The van der Waals surface area contributed by atoms with E-state index in [4.69, 9.17) is 4.52 Å². The lowest BCUT2D eigenvalue weighted by Crippen LogP contribution is -2.37. The highest BCUT2D eigenvalue weighted by molar-refractivity contribution is 5.51. The van der Waals surface area contributed by atoms with E-state index in [0.717, 1.165) is 43.0 Å². The third kappa shape index (κ3) is 3.07. The van der Waals surface area contributed by atoms with Crippen LogP contribution in [0.25, 0.3) is 11.5 Å². The summed E-state index contributed by atoms with van der Waals surface area (Å²) >= 11 is 0. The van der Waals surface area contributed by atoms with Crippen LogP contribution in [-0.2, 0) is 25.9 Å². The Balaban J connectivity index is 1.37. The number of hydrogen-bond donors (Lipinski definition) is 1. The SMILES string of the molecule is CCc1nc2n(n1)C[C@@H](NCc1noc(-c3ccccc3)n1)CC2. The van der Waals surface area contributed by atoms with Crippen LogP contribution in [0.2, 0.25) is 0 Å². The van der Waals surface area contributed by atoms with Gasteiger partial charge in [-0.3, -0.25) is 0 Å². The molecular weight excluding hydrogens is 304 g/mol. The van der Waals surface area contributed by atoms with Gasteiger partial charge in [0.25, 0.3) is 5.89 Å². The summed E-state index contributed by atoms with van der Waals surface area (Å²) in [6.45, 7) is 3.51. The molecule has 1 atom stereocenters. The molecule has 24 heavy (non-hydrogen) atoms. The van der Waals surface area contributed by atoms with Crippen LogP contribution < -0.4 is 5.32 Å². The van der Waals surface area contributed by atoms with Crippen molar-refractivity contribution >= 4 is 0 Å². The lowest BCUT2D eigenvalue weighted by atomic mass is 10.1. The topological polar surface area (TPSA) is 81.7 Å². The van der Waals surface area contributed by atoms with Gasteiger partial charge in [-0.05, 0) is 18.6 Å². The van der Waals surface area contributed by atoms with Crippen molar-refractivity contribution in [3.05, 3.63) is 47.8 Å². The predicted molar refractivity (Wildman–Crippen MR) is 88.1 cm³/mol. The fourth-order valence-electron chi connectivity index (χ4n) is 2.94. The summed E-state index contributed by atoms with van der Waals surface area (Å²) in [4.78, 5) is 8.99. The average Bonchev–Trinajstić information content (AvgIpc) is 3.27. The van der Waals surface area contributed by atoms with E-state index in [1.807, 2.05) is 35.0 Å². The second-order valence-electron chi connectivity index (χ2n) is 5.98. The maximum Gasteiger partial charge on any atom is 0.257 e. The standard InChI is InChI=1S/C17H20N6O/c1-2-14-19-16-9-8-13(11-23(16)21-14)18-10-15-20-17(24-22-15)12-6-4-3-5-7-12/h3-7,13,18H,2,8-11H2,1H3/t13-/m0/s1. The van der Waals surface area contributed by atoms with E-state index in [2.05, 4.69) is 32.5 Å². The Morgan fingerprint density at radius 1 is 1.21 bits per heavy atom. The number of nitrogens with zero attached hydrogens (tertiary/aromatic N) is 5. The highest BCUT2D eigenvalue weighted by Crippen LogP contribution is 2.17. The summed E-state index contributed by atoms with van der Waals surface area (Å²) < 4.78 is 7.36. The Labute approximate surface area is 140 Å². The van der Waals surface area contributed by atoms with Crippen molar-refractivity contribution in [1.82, 2.24) is 30.2 Å². The van der Waals surface area contributed by atoms with E-state index in [1.165, 1.54) is 0 Å². The van der Waals surface area contributed by atoms with Gasteiger partial charge in [0, 0.05) is 24.4 Å². The van der Waals surface area contributed by atoms with Crippen molar-refractivity contribution in [2.45, 2.75) is 45.3 Å². The van der Waals surface area contributed by atoms with E-state index in [9.17, 15) is 0 Å². The summed E-state index contributed by atoms with van der Waals surface area (Å²) in [5.41, 5.74) is 0.938. The normalized spacial score (nSPS) is 17.0. The van der Waals surface area contributed by atoms with Gasteiger partial charge in [-0.1, -0.05) is 30.3 Å². The zero-order valence-electron chi connectivity index (χ0n) is 13.6. The summed E-state index contributed by atoms with van der Waals surface area (Å²) in [7, 11) is 0. The minimum atomic E-state index is 0.350. The van der Waals surface area contributed by atoms with Gasteiger partial charge in [-0.2, -0.15) is 10.1 Å². The summed E-state index contributed by atoms with van der Waals surface area (Å²) in [6.07, 6.45) is 2.88. The van der Waals surface area contributed by atoms with Gasteiger partial charge >= 0.3 is 0 Å². The molecule has 1 N–H and O–H groups in total. The van der Waals surface area contributed by atoms with Crippen LogP contribution >= 0.6 is 0 Å². The molecule has 7 heteroatoms. The molecule has 0 saturated carbocycles. The largest absolute Gasteiger partial charge is 0.334 e. The zero-order valence-corrected chi connectivity index (χ0v) is 13.6. The maximum absolute atomic E-state index is 5.34. The maximum atomic E-state index is 5.34. The van der Waals surface area contributed by atoms with Gasteiger partial charge in [0.05, 0.1) is 13.1 Å². The minimum absolute atomic E-state index is 0.350. The molecule has 1 aromatic carbocycles. The van der Waals surface area contributed by atoms with E-state index in [-0.39, 0.29) is 0 Å². The molecule has 0 radical (unpaired) electrons. The van der Waals surface area contributed by atoms with Crippen molar-refractivity contribution in [3.8, 4) is 11.5 Å². The molecular formula is C17H20N6O. The molecule has 4 rings (SSSR count). The summed E-state index contributed by atoms with van der Waals surface area (Å²) in [5, 5.41) is 12.1. The van der Waals surface area contributed by atoms with Crippen LogP contribution in [0.3, 0.4) is 0 Å². The van der Waals surface area contributed by atoms with Crippen molar-refractivity contribution in [1.29, 1.82) is 0 Å². The zero-order chi connectivity index (χ0) is 16.4. The highest BCUT2D eigenvalue weighted by atomic mass is 16.5. The second-order valence-corrected chi connectivity index (χ2v) is 5.98. The molecule has 0 unspecified atom stereocenters. The minimum Gasteiger partial charge on any atom is -0.334 e. The molecule has 124 valence electrons. The first-order valence-electron chi connectivity index (χ1n) is 8.36. The predicted octanol–water partition coefficient (Wildman–Crippen LogP) is 2.00. The van der Waals surface area contributed by atoms with E-state index in [1.54, 1.807) is 0 Å². The molecule has 7 nitrogen and oxygen atoms in total. The van der Waals surface area contributed by atoms with Crippen molar-refractivity contribution in [2.24, 2.45) is 0 Å². The number of hydrogen-bond acceptors (Lipinski definition) is 6. The fourth-order valence-corrected chi connectivity index (χ4v) is 2.94. The molecule has 3 heterocycles. The van der Waals surface area contributed by atoms with E-state index in [0.29, 0.717) is 24.3 Å². The first-order valence-corrected chi connectivity index (χ1v) is 8.36. The molecule has 1 aliphatic heterocycles. The molecule has 0 fully saturated rings. The number of benzene rings is 1. The van der Waals surface area contributed by atoms with Gasteiger partial charge in [0.1, 0.15) is 5.82 Å². The Morgan fingerprint density at radius 2 is 2.08 bits per heavy atom. The lowest BCUT2D eigenvalue weighted by Gasteiger charge is -2.22. The molecule has 0 saturated heterocycles. The van der Waals surface area contributed by atoms with Crippen LogP contribution in [0.5, 0.6) is 0 Å². The molecule has 1 aliphatic rings. The van der Waals surface area contributed by atoms with Crippen molar-refractivity contribution < 1.29 is 4.52 Å². The summed E-state index contributed by atoms with van der Waals surface area (Å²) in [5.74, 6) is 3.25. The Hall–Kier alpha value is -2.54. The molecule has 2 aromatic heterocycles. The Morgan fingerprint density at radius 3 is 2.92 bits per heavy atom. The monoisotopic (exact) mass is 324 g/mol. The highest BCUT2D eigenvalue weighted by Gasteiger charge is 2.21. The molecule has 0 spiro atoms. The average molecular weight is 324 g/mol. The number of nitrogens with one attached hydrogen (secondary N) is 1. The summed E-state index contributed by atoms with van der Waals surface area (Å²) in [6, 6.07) is 10.2. The number of aromatic nitrogens is 5. The van der Waals surface area contributed by atoms with E-state index < -0.39 is 0 Å². The fraction of sp³-hybridized carbons (Fsp3) is 0.412. The lowest BCUT2D eigenvalue weighted by molar-refractivity contribution is 0.350. The molecule has 0 bridgehead atoms. The van der Waals surface area contributed by atoms with Gasteiger partial charge in [-0.15, -0.1) is 0 Å². The first kappa shape index (κ1) is 15.0. The van der Waals surface area contributed by atoms with Crippen LogP contribution in [0.4, 0.5) is 0 Å². The van der Waals surface area contributed by atoms with Crippen molar-refractivity contribution in [2.75, 3.05) is 0 Å². The quantitative estimate of drug-likeness (QED) is 0.773. The van der Waals surface area contributed by atoms with Crippen LogP contribution in [0.1, 0.15) is 30.8 Å². The third-order valence-electron chi connectivity index (χ3n) is 4.26. The van der Waals surface area contributed by atoms with Gasteiger partial charge in [0.15, 0.2) is 11.6 Å². The van der Waals surface area contributed by atoms with Gasteiger partial charge in [0.2, 0.25) is 0 Å². The number of rotatable bonds is 5. The second kappa shape index (κ2) is 6.52. The number of fused-ring (bicyclic) bond motifs is 1. The number of aryl methyl sites for hydroxylation is 2. The smallest absolute Gasteiger partial charge is 0.257 e. The van der Waals surface area contributed by atoms with Crippen molar-refractivity contribution in [3.63, 3.8) is 0 Å². The van der Waals surface area contributed by atoms with E-state index >= 15 is 0 Å². The van der Waals surface area contributed by atoms with Crippen LogP contribution in [0, 0.1) is 0 Å². The third-order valence-corrected chi connectivity index (χ3v) is 4.26.